The van der Waals surface area contributed by atoms with Crippen molar-refractivity contribution in [2.24, 2.45) is 0 Å². The fraction of sp³-hybridized carbons (Fsp3) is 0.333. The predicted octanol–water partition coefficient (Wildman–Crippen LogP) is 4.30. The monoisotopic (exact) mass is 292 g/mol. The highest BCUT2D eigenvalue weighted by molar-refractivity contribution is 6.29. The molecule has 1 N–H and O–H groups in total. The smallest absolute Gasteiger partial charge is 0.161 e. The van der Waals surface area contributed by atoms with Gasteiger partial charge < -0.3 is 5.11 Å². The molecule has 0 amide bonds. The van der Waals surface area contributed by atoms with Crippen LogP contribution in [-0.2, 0) is 0 Å². The normalized spacial score (nSPS) is 15.7. The van der Waals surface area contributed by atoms with Crippen molar-refractivity contribution in [2.75, 3.05) is 0 Å². The number of nitrogens with zero attached hydrogens (tertiary/aromatic N) is 2. The summed E-state index contributed by atoms with van der Waals surface area (Å²) in [6.45, 7) is 0. The van der Waals surface area contributed by atoms with Crippen LogP contribution in [-0.4, -0.2) is 15.1 Å². The molecule has 1 saturated carbocycles. The fourth-order valence-electron chi connectivity index (χ4n) is 2.70. The van der Waals surface area contributed by atoms with E-state index in [4.69, 9.17) is 11.6 Å². The van der Waals surface area contributed by atoms with Gasteiger partial charge in [0.2, 0.25) is 0 Å². The zero-order valence-corrected chi connectivity index (χ0v) is 11.6. The highest BCUT2D eigenvalue weighted by atomic mass is 35.5. The number of halogens is 2. The van der Waals surface area contributed by atoms with E-state index >= 15 is 0 Å². The van der Waals surface area contributed by atoms with Crippen LogP contribution in [0.2, 0.25) is 5.15 Å². The van der Waals surface area contributed by atoms with Crippen molar-refractivity contribution in [3.8, 4) is 17.1 Å². The maximum Gasteiger partial charge on any atom is 0.161 e. The molecule has 0 saturated heterocycles. The third-order valence-corrected chi connectivity index (χ3v) is 3.82. The van der Waals surface area contributed by atoms with Gasteiger partial charge in [-0.2, -0.15) is 0 Å². The molecule has 0 radical (unpaired) electrons. The summed E-state index contributed by atoms with van der Waals surface area (Å²) in [6, 6.07) is 5.56. The summed E-state index contributed by atoms with van der Waals surface area (Å²) in [5.41, 5.74) is 1.34. The van der Waals surface area contributed by atoms with Crippen molar-refractivity contribution >= 4 is 11.6 Å². The van der Waals surface area contributed by atoms with Gasteiger partial charge in [-0.15, -0.1) is 0 Å². The molecule has 1 aromatic carbocycles. The minimum atomic E-state index is -0.522. The number of benzene rings is 1. The largest absolute Gasteiger partial charge is 0.508 e. The van der Waals surface area contributed by atoms with Crippen LogP contribution < -0.4 is 0 Å². The Kier molecular flexibility index (Phi) is 3.57. The summed E-state index contributed by atoms with van der Waals surface area (Å²) >= 11 is 6.05. The lowest BCUT2D eigenvalue weighted by atomic mass is 10.0. The number of hydrogen-bond donors (Lipinski definition) is 1. The summed E-state index contributed by atoms with van der Waals surface area (Å²) < 4.78 is 13.4. The van der Waals surface area contributed by atoms with Crippen LogP contribution in [0.5, 0.6) is 5.75 Å². The van der Waals surface area contributed by atoms with E-state index in [1.54, 1.807) is 6.07 Å². The van der Waals surface area contributed by atoms with Crippen LogP contribution in [0.1, 0.15) is 37.3 Å². The molecule has 1 aromatic heterocycles. The van der Waals surface area contributed by atoms with Gasteiger partial charge in [-0.25, -0.2) is 14.4 Å². The first kappa shape index (κ1) is 13.3. The second-order valence-electron chi connectivity index (χ2n) is 5.12. The van der Waals surface area contributed by atoms with Gasteiger partial charge in [-0.1, -0.05) is 24.4 Å². The fourth-order valence-corrected chi connectivity index (χ4v) is 2.89. The summed E-state index contributed by atoms with van der Waals surface area (Å²) in [5, 5.41) is 9.82. The first-order chi connectivity index (χ1) is 9.61. The van der Waals surface area contributed by atoms with E-state index in [-0.39, 0.29) is 5.75 Å². The molecule has 5 heteroatoms. The Morgan fingerprint density at radius 1 is 1.10 bits per heavy atom. The number of rotatable bonds is 2. The summed E-state index contributed by atoms with van der Waals surface area (Å²) in [4.78, 5) is 8.63. The van der Waals surface area contributed by atoms with Gasteiger partial charge in [-0.3, -0.25) is 0 Å². The number of aromatic hydroxyl groups is 1. The zero-order chi connectivity index (χ0) is 14.1. The Hall–Kier alpha value is -1.68. The number of hydrogen-bond acceptors (Lipinski definition) is 3. The van der Waals surface area contributed by atoms with Crippen molar-refractivity contribution in [1.29, 1.82) is 0 Å². The van der Waals surface area contributed by atoms with Crippen LogP contribution in [0.15, 0.2) is 24.3 Å². The molecule has 2 aromatic rings. The van der Waals surface area contributed by atoms with Gasteiger partial charge in [0.1, 0.15) is 16.7 Å². The molecule has 0 spiro atoms. The zero-order valence-electron chi connectivity index (χ0n) is 10.8. The van der Waals surface area contributed by atoms with Gasteiger partial charge in [-0.05, 0) is 31.0 Å². The van der Waals surface area contributed by atoms with Crippen LogP contribution >= 0.6 is 11.6 Å². The Bertz CT molecular complexity index is 622. The van der Waals surface area contributed by atoms with Gasteiger partial charge in [0, 0.05) is 23.2 Å². The Morgan fingerprint density at radius 2 is 1.85 bits per heavy atom. The van der Waals surface area contributed by atoms with Crippen molar-refractivity contribution in [3.63, 3.8) is 0 Å². The van der Waals surface area contributed by atoms with Crippen molar-refractivity contribution in [1.82, 2.24) is 9.97 Å². The Labute approximate surface area is 121 Å². The molecule has 1 aliphatic carbocycles. The number of aromatic nitrogens is 2. The molecule has 1 fully saturated rings. The SMILES string of the molecule is Oc1cc(F)cc(-c2nc(Cl)cc(C3CCCC3)n2)c1. The maximum atomic E-state index is 13.4. The van der Waals surface area contributed by atoms with Crippen molar-refractivity contribution in [2.45, 2.75) is 31.6 Å². The topological polar surface area (TPSA) is 46.0 Å². The molecular formula is C15H14ClFN2O. The van der Waals surface area contributed by atoms with E-state index < -0.39 is 5.82 Å². The van der Waals surface area contributed by atoms with Gasteiger partial charge in [0.05, 0.1) is 0 Å². The lowest BCUT2D eigenvalue weighted by Gasteiger charge is -2.11. The molecular weight excluding hydrogens is 279 g/mol. The highest BCUT2D eigenvalue weighted by Crippen LogP contribution is 2.34. The number of phenols is 1. The van der Waals surface area contributed by atoms with E-state index in [1.807, 2.05) is 0 Å². The van der Waals surface area contributed by atoms with E-state index in [0.717, 1.165) is 24.6 Å². The Morgan fingerprint density at radius 3 is 2.55 bits per heavy atom. The first-order valence-corrected chi connectivity index (χ1v) is 7.04. The summed E-state index contributed by atoms with van der Waals surface area (Å²) in [7, 11) is 0. The minimum absolute atomic E-state index is 0.147. The van der Waals surface area contributed by atoms with Gasteiger partial charge >= 0.3 is 0 Å². The molecule has 1 heterocycles. The first-order valence-electron chi connectivity index (χ1n) is 6.66. The molecule has 0 bridgehead atoms. The number of phenolic OH excluding ortho intramolecular Hbond substituents is 1. The molecule has 3 rings (SSSR count). The third-order valence-electron chi connectivity index (χ3n) is 3.63. The van der Waals surface area contributed by atoms with E-state index in [9.17, 15) is 9.50 Å². The van der Waals surface area contributed by atoms with Crippen LogP contribution in [0.25, 0.3) is 11.4 Å². The van der Waals surface area contributed by atoms with Crippen molar-refractivity contribution in [3.05, 3.63) is 40.9 Å². The second kappa shape index (κ2) is 5.37. The molecule has 0 atom stereocenters. The molecule has 3 nitrogen and oxygen atoms in total. The van der Waals surface area contributed by atoms with E-state index in [0.29, 0.717) is 22.5 Å². The maximum absolute atomic E-state index is 13.4. The van der Waals surface area contributed by atoms with Crippen LogP contribution in [0, 0.1) is 5.82 Å². The van der Waals surface area contributed by atoms with Gasteiger partial charge in [0.15, 0.2) is 5.82 Å². The molecule has 0 unspecified atom stereocenters. The second-order valence-corrected chi connectivity index (χ2v) is 5.51. The average molecular weight is 293 g/mol. The summed E-state index contributed by atoms with van der Waals surface area (Å²) in [5.74, 6) is 0.0857. The van der Waals surface area contributed by atoms with Crippen molar-refractivity contribution < 1.29 is 9.50 Å². The molecule has 0 aliphatic heterocycles. The lowest BCUT2D eigenvalue weighted by molar-refractivity contribution is 0.469. The van der Waals surface area contributed by atoms with Crippen LogP contribution in [0.3, 0.4) is 0 Å². The van der Waals surface area contributed by atoms with E-state index in [2.05, 4.69) is 9.97 Å². The van der Waals surface area contributed by atoms with Gasteiger partial charge in [0.25, 0.3) is 0 Å². The highest BCUT2D eigenvalue weighted by Gasteiger charge is 2.20. The minimum Gasteiger partial charge on any atom is -0.508 e. The van der Waals surface area contributed by atoms with E-state index in [1.165, 1.54) is 25.0 Å². The lowest BCUT2D eigenvalue weighted by Crippen LogP contribution is -2.00. The molecule has 20 heavy (non-hydrogen) atoms. The quantitative estimate of drug-likeness (QED) is 0.840. The Balaban J connectivity index is 2.04. The van der Waals surface area contributed by atoms with Crippen LogP contribution in [0.4, 0.5) is 4.39 Å². The standard InChI is InChI=1S/C15H14ClFN2O/c16-14-8-13(9-3-1-2-4-9)18-15(19-14)10-5-11(17)7-12(20)6-10/h5-9,20H,1-4H2. The average Bonchev–Trinajstić information content (AvgIpc) is 2.90. The molecule has 1 aliphatic rings. The molecule has 104 valence electrons. The third kappa shape index (κ3) is 2.75. The predicted molar refractivity (Wildman–Crippen MR) is 75.3 cm³/mol. The summed E-state index contributed by atoms with van der Waals surface area (Å²) in [6.07, 6.45) is 4.59.